The summed E-state index contributed by atoms with van der Waals surface area (Å²) in [7, 11) is 0. The summed E-state index contributed by atoms with van der Waals surface area (Å²) in [5.74, 6) is 0.661. The van der Waals surface area contributed by atoms with E-state index >= 15 is 0 Å². The van der Waals surface area contributed by atoms with Gasteiger partial charge in [-0.25, -0.2) is 0 Å². The smallest absolute Gasteiger partial charge is 0.143 e. The second-order valence-corrected chi connectivity index (χ2v) is 3.30. The molecule has 1 aromatic heterocycles. The highest BCUT2D eigenvalue weighted by Crippen LogP contribution is 2.28. The van der Waals surface area contributed by atoms with E-state index in [1.54, 1.807) is 6.07 Å². The maximum atomic E-state index is 8.70. The number of pyridine rings is 1. The Morgan fingerprint density at radius 1 is 1.64 bits per heavy atom. The van der Waals surface area contributed by atoms with Crippen molar-refractivity contribution in [3.63, 3.8) is 0 Å². The summed E-state index contributed by atoms with van der Waals surface area (Å²) in [5.41, 5.74) is 6.74. The standard InChI is InChI=1S/C10H11N3O/c11-4-7-3-10(14-8-1-2-8)9(5-12)13-6-7/h3,6,8H,1-2,5,12H2. The highest BCUT2D eigenvalue weighted by atomic mass is 16.5. The molecule has 0 aliphatic heterocycles. The molecule has 0 spiro atoms. The van der Waals surface area contributed by atoms with Crippen molar-refractivity contribution in [2.75, 3.05) is 0 Å². The number of aromatic nitrogens is 1. The van der Waals surface area contributed by atoms with Crippen LogP contribution < -0.4 is 10.5 Å². The molecular weight excluding hydrogens is 178 g/mol. The van der Waals surface area contributed by atoms with Gasteiger partial charge in [-0.2, -0.15) is 5.26 Å². The Labute approximate surface area is 82.3 Å². The van der Waals surface area contributed by atoms with Gasteiger partial charge in [0.1, 0.15) is 11.8 Å². The molecule has 1 aliphatic rings. The Kier molecular flexibility index (Phi) is 2.33. The molecule has 4 nitrogen and oxygen atoms in total. The Hall–Kier alpha value is -1.60. The van der Waals surface area contributed by atoms with Crippen molar-refractivity contribution in [2.45, 2.75) is 25.5 Å². The van der Waals surface area contributed by atoms with Crippen LogP contribution in [0.1, 0.15) is 24.1 Å². The van der Waals surface area contributed by atoms with Gasteiger partial charge < -0.3 is 10.5 Å². The summed E-state index contributed by atoms with van der Waals surface area (Å²) < 4.78 is 5.60. The molecule has 0 aromatic carbocycles. The second kappa shape index (κ2) is 3.64. The highest BCUT2D eigenvalue weighted by molar-refractivity contribution is 5.37. The molecule has 72 valence electrons. The average molecular weight is 189 g/mol. The maximum absolute atomic E-state index is 8.70. The van der Waals surface area contributed by atoms with Gasteiger partial charge in [0.15, 0.2) is 0 Å². The number of nitrogens with zero attached hydrogens (tertiary/aromatic N) is 2. The lowest BCUT2D eigenvalue weighted by Gasteiger charge is -2.08. The summed E-state index contributed by atoms with van der Waals surface area (Å²) in [6.45, 7) is 0.341. The number of nitrogens with two attached hydrogens (primary N) is 1. The fourth-order valence-electron chi connectivity index (χ4n) is 1.15. The van der Waals surface area contributed by atoms with Crippen LogP contribution in [0.2, 0.25) is 0 Å². The zero-order chi connectivity index (χ0) is 9.97. The normalized spacial score (nSPS) is 14.9. The van der Waals surface area contributed by atoms with E-state index in [9.17, 15) is 0 Å². The van der Waals surface area contributed by atoms with E-state index in [1.165, 1.54) is 6.20 Å². The van der Waals surface area contributed by atoms with Gasteiger partial charge >= 0.3 is 0 Å². The molecule has 1 saturated carbocycles. The summed E-state index contributed by atoms with van der Waals surface area (Å²) in [6.07, 6.45) is 3.99. The first-order valence-corrected chi connectivity index (χ1v) is 4.59. The van der Waals surface area contributed by atoms with Crippen molar-refractivity contribution in [3.8, 4) is 11.8 Å². The van der Waals surface area contributed by atoms with Crippen LogP contribution in [0.5, 0.6) is 5.75 Å². The van der Waals surface area contributed by atoms with Gasteiger partial charge in [0, 0.05) is 18.8 Å². The van der Waals surface area contributed by atoms with E-state index in [-0.39, 0.29) is 0 Å². The lowest BCUT2D eigenvalue weighted by atomic mass is 10.2. The minimum atomic E-state index is 0.302. The monoisotopic (exact) mass is 189 g/mol. The molecule has 0 atom stereocenters. The lowest BCUT2D eigenvalue weighted by Crippen LogP contribution is -2.06. The van der Waals surface area contributed by atoms with Gasteiger partial charge in [-0.15, -0.1) is 0 Å². The number of hydrogen-bond donors (Lipinski definition) is 1. The van der Waals surface area contributed by atoms with Crippen LogP contribution in [0.15, 0.2) is 12.3 Å². The van der Waals surface area contributed by atoms with Crippen LogP contribution in [0, 0.1) is 11.3 Å². The lowest BCUT2D eigenvalue weighted by molar-refractivity contribution is 0.298. The minimum Gasteiger partial charge on any atom is -0.488 e. The maximum Gasteiger partial charge on any atom is 0.143 e. The number of nitriles is 1. The molecule has 0 amide bonds. The van der Waals surface area contributed by atoms with Crippen molar-refractivity contribution in [3.05, 3.63) is 23.5 Å². The van der Waals surface area contributed by atoms with E-state index in [0.29, 0.717) is 24.0 Å². The molecule has 1 fully saturated rings. The van der Waals surface area contributed by atoms with Crippen molar-refractivity contribution >= 4 is 0 Å². The zero-order valence-electron chi connectivity index (χ0n) is 7.73. The van der Waals surface area contributed by atoms with E-state index in [4.69, 9.17) is 15.7 Å². The van der Waals surface area contributed by atoms with Crippen molar-refractivity contribution in [1.82, 2.24) is 4.98 Å². The van der Waals surface area contributed by atoms with Gasteiger partial charge in [0.05, 0.1) is 17.4 Å². The van der Waals surface area contributed by atoms with Crippen LogP contribution in [-0.2, 0) is 6.54 Å². The largest absolute Gasteiger partial charge is 0.488 e. The average Bonchev–Trinajstić information content (AvgIpc) is 3.01. The van der Waals surface area contributed by atoms with Crippen molar-refractivity contribution in [2.24, 2.45) is 5.73 Å². The summed E-state index contributed by atoms with van der Waals surface area (Å²) in [5, 5.41) is 8.70. The molecule has 1 heterocycles. The van der Waals surface area contributed by atoms with Crippen LogP contribution in [0.25, 0.3) is 0 Å². The topological polar surface area (TPSA) is 71.9 Å². The summed E-state index contributed by atoms with van der Waals surface area (Å²) in [6, 6.07) is 3.73. The van der Waals surface area contributed by atoms with E-state index in [0.717, 1.165) is 18.5 Å². The zero-order valence-corrected chi connectivity index (χ0v) is 7.73. The first kappa shape index (κ1) is 8.97. The van der Waals surface area contributed by atoms with Crippen LogP contribution >= 0.6 is 0 Å². The van der Waals surface area contributed by atoms with Crippen LogP contribution in [0.3, 0.4) is 0 Å². The molecule has 2 N–H and O–H groups in total. The third kappa shape index (κ3) is 1.83. The van der Waals surface area contributed by atoms with E-state index < -0.39 is 0 Å². The quantitative estimate of drug-likeness (QED) is 0.768. The third-order valence-corrected chi connectivity index (χ3v) is 2.07. The Balaban J connectivity index is 2.27. The van der Waals surface area contributed by atoms with Gasteiger partial charge in [-0.3, -0.25) is 4.98 Å². The molecule has 2 rings (SSSR count). The van der Waals surface area contributed by atoms with Crippen LogP contribution in [0.4, 0.5) is 0 Å². The predicted octanol–water partition coefficient (Wildman–Crippen LogP) is 0.953. The number of rotatable bonds is 3. The predicted molar refractivity (Wildman–Crippen MR) is 50.5 cm³/mol. The molecule has 1 aromatic rings. The fourth-order valence-corrected chi connectivity index (χ4v) is 1.15. The molecule has 0 radical (unpaired) electrons. The second-order valence-electron chi connectivity index (χ2n) is 3.30. The van der Waals surface area contributed by atoms with Crippen molar-refractivity contribution < 1.29 is 4.74 Å². The molecule has 0 saturated heterocycles. The third-order valence-electron chi connectivity index (χ3n) is 2.07. The van der Waals surface area contributed by atoms with Crippen molar-refractivity contribution in [1.29, 1.82) is 5.26 Å². The molecule has 0 bridgehead atoms. The van der Waals surface area contributed by atoms with Crippen LogP contribution in [-0.4, -0.2) is 11.1 Å². The highest BCUT2D eigenvalue weighted by Gasteiger charge is 2.24. The Morgan fingerprint density at radius 2 is 2.43 bits per heavy atom. The first-order valence-electron chi connectivity index (χ1n) is 4.59. The molecule has 0 unspecified atom stereocenters. The SMILES string of the molecule is N#Cc1cnc(CN)c(OC2CC2)c1. The minimum absolute atomic E-state index is 0.302. The Morgan fingerprint density at radius 3 is 3.00 bits per heavy atom. The van der Waals surface area contributed by atoms with E-state index in [1.807, 2.05) is 6.07 Å². The van der Waals surface area contributed by atoms with Gasteiger partial charge in [-0.05, 0) is 12.8 Å². The van der Waals surface area contributed by atoms with Gasteiger partial charge in [0.2, 0.25) is 0 Å². The summed E-state index contributed by atoms with van der Waals surface area (Å²) in [4.78, 5) is 4.08. The first-order chi connectivity index (χ1) is 6.83. The molecule has 14 heavy (non-hydrogen) atoms. The number of hydrogen-bond acceptors (Lipinski definition) is 4. The molecular formula is C10H11N3O. The number of ether oxygens (including phenoxy) is 1. The van der Waals surface area contributed by atoms with Gasteiger partial charge in [0.25, 0.3) is 0 Å². The Bertz CT molecular complexity index is 379. The summed E-state index contributed by atoms with van der Waals surface area (Å²) >= 11 is 0. The molecule has 4 heteroatoms. The fraction of sp³-hybridized carbons (Fsp3) is 0.400. The van der Waals surface area contributed by atoms with E-state index in [2.05, 4.69) is 4.98 Å². The molecule has 1 aliphatic carbocycles. The van der Waals surface area contributed by atoms with Gasteiger partial charge in [-0.1, -0.05) is 0 Å².